The van der Waals surface area contributed by atoms with Gasteiger partial charge in [0.15, 0.2) is 17.2 Å². The van der Waals surface area contributed by atoms with Crippen LogP contribution in [-0.4, -0.2) is 28.0 Å². The van der Waals surface area contributed by atoms with Crippen molar-refractivity contribution >= 4 is 38.9 Å². The first-order valence-electron chi connectivity index (χ1n) is 12.1. The average molecular weight is 565 g/mol. The quantitative estimate of drug-likeness (QED) is 0.239. The number of methoxy groups -OCH3 is 1. The van der Waals surface area contributed by atoms with Gasteiger partial charge in [0.1, 0.15) is 6.54 Å². The summed E-state index contributed by atoms with van der Waals surface area (Å²) < 4.78 is 40.0. The first kappa shape index (κ1) is 28.0. The Balaban J connectivity index is 1.68. The SMILES string of the molecule is COc1ccccc1Oc1ccc(Cl)cc1NC(=O)CN(c1cc(C)cc(C)c1)S(=O)(=O)c1ccc(C)cc1. The summed E-state index contributed by atoms with van der Waals surface area (Å²) in [6.07, 6.45) is 0. The molecule has 39 heavy (non-hydrogen) atoms. The number of hydrogen-bond donors (Lipinski definition) is 1. The van der Waals surface area contributed by atoms with Crippen molar-refractivity contribution < 1.29 is 22.7 Å². The largest absolute Gasteiger partial charge is 0.493 e. The summed E-state index contributed by atoms with van der Waals surface area (Å²) in [5, 5.41) is 3.15. The van der Waals surface area contributed by atoms with Gasteiger partial charge in [0.25, 0.3) is 10.0 Å². The molecule has 0 saturated carbocycles. The zero-order valence-electron chi connectivity index (χ0n) is 22.1. The van der Waals surface area contributed by atoms with Gasteiger partial charge in [-0.25, -0.2) is 8.42 Å². The molecule has 0 spiro atoms. The molecule has 1 N–H and O–H groups in total. The van der Waals surface area contributed by atoms with E-state index < -0.39 is 22.5 Å². The number of amides is 1. The molecule has 9 heteroatoms. The van der Waals surface area contributed by atoms with Crippen LogP contribution in [0.5, 0.6) is 17.2 Å². The number of sulfonamides is 1. The minimum atomic E-state index is -4.07. The average Bonchev–Trinajstić information content (AvgIpc) is 2.88. The highest BCUT2D eigenvalue weighted by Gasteiger charge is 2.28. The summed E-state index contributed by atoms with van der Waals surface area (Å²) in [6, 6.07) is 23.8. The van der Waals surface area contributed by atoms with Crippen molar-refractivity contribution in [1.29, 1.82) is 0 Å². The smallest absolute Gasteiger partial charge is 0.264 e. The van der Waals surface area contributed by atoms with Crippen molar-refractivity contribution in [2.75, 3.05) is 23.3 Å². The van der Waals surface area contributed by atoms with Gasteiger partial charge < -0.3 is 14.8 Å². The van der Waals surface area contributed by atoms with E-state index in [2.05, 4.69) is 5.32 Å². The van der Waals surface area contributed by atoms with E-state index in [0.717, 1.165) is 21.0 Å². The Labute approximate surface area is 234 Å². The number of carbonyl (C=O) groups excluding carboxylic acids is 1. The van der Waals surface area contributed by atoms with Crippen LogP contribution in [-0.2, 0) is 14.8 Å². The number of aryl methyl sites for hydroxylation is 3. The van der Waals surface area contributed by atoms with Gasteiger partial charge in [-0.2, -0.15) is 0 Å². The number of para-hydroxylation sites is 2. The van der Waals surface area contributed by atoms with Crippen LogP contribution in [0.4, 0.5) is 11.4 Å². The third-order valence-electron chi connectivity index (χ3n) is 5.90. The second kappa shape index (κ2) is 11.8. The topological polar surface area (TPSA) is 84.9 Å². The number of nitrogens with zero attached hydrogens (tertiary/aromatic N) is 1. The van der Waals surface area contributed by atoms with E-state index in [1.165, 1.54) is 19.2 Å². The third kappa shape index (κ3) is 6.71. The number of anilines is 2. The Kier molecular flexibility index (Phi) is 8.47. The van der Waals surface area contributed by atoms with Crippen LogP contribution in [0.25, 0.3) is 0 Å². The highest BCUT2D eigenvalue weighted by molar-refractivity contribution is 7.92. The molecule has 0 aromatic heterocycles. The van der Waals surface area contributed by atoms with Gasteiger partial charge in [0.05, 0.1) is 23.4 Å². The summed E-state index contributed by atoms with van der Waals surface area (Å²) in [5.41, 5.74) is 3.34. The molecule has 0 radical (unpaired) electrons. The van der Waals surface area contributed by atoms with Gasteiger partial charge in [0.2, 0.25) is 5.91 Å². The van der Waals surface area contributed by atoms with E-state index >= 15 is 0 Å². The Morgan fingerprint density at radius 2 is 1.46 bits per heavy atom. The molecule has 202 valence electrons. The van der Waals surface area contributed by atoms with E-state index in [4.69, 9.17) is 21.1 Å². The summed E-state index contributed by atoms with van der Waals surface area (Å²) in [7, 11) is -2.54. The maximum atomic E-state index is 13.8. The van der Waals surface area contributed by atoms with Crippen LogP contribution in [0.2, 0.25) is 5.02 Å². The molecule has 4 rings (SSSR count). The molecule has 0 saturated heterocycles. The van der Waals surface area contributed by atoms with Crippen LogP contribution in [0.1, 0.15) is 16.7 Å². The van der Waals surface area contributed by atoms with Gasteiger partial charge in [-0.15, -0.1) is 0 Å². The first-order valence-corrected chi connectivity index (χ1v) is 14.0. The number of benzene rings is 4. The lowest BCUT2D eigenvalue weighted by molar-refractivity contribution is -0.114. The second-order valence-electron chi connectivity index (χ2n) is 9.11. The van der Waals surface area contributed by atoms with Crippen LogP contribution in [0.3, 0.4) is 0 Å². The number of rotatable bonds is 9. The Bertz CT molecular complexity index is 1580. The molecule has 0 aliphatic rings. The lowest BCUT2D eigenvalue weighted by atomic mass is 10.1. The van der Waals surface area contributed by atoms with Crippen molar-refractivity contribution in [3.63, 3.8) is 0 Å². The molecular formula is C30H29ClN2O5S. The first-order chi connectivity index (χ1) is 18.6. The van der Waals surface area contributed by atoms with Crippen molar-refractivity contribution in [3.05, 3.63) is 107 Å². The fraction of sp³-hybridized carbons (Fsp3) is 0.167. The fourth-order valence-corrected chi connectivity index (χ4v) is 5.65. The van der Waals surface area contributed by atoms with Crippen molar-refractivity contribution in [2.45, 2.75) is 25.7 Å². The Morgan fingerprint density at radius 3 is 2.10 bits per heavy atom. The predicted molar refractivity (Wildman–Crippen MR) is 155 cm³/mol. The minimum Gasteiger partial charge on any atom is -0.493 e. The maximum Gasteiger partial charge on any atom is 0.264 e. The lowest BCUT2D eigenvalue weighted by Crippen LogP contribution is -2.38. The highest BCUT2D eigenvalue weighted by atomic mass is 35.5. The van der Waals surface area contributed by atoms with Gasteiger partial charge in [-0.05, 0) is 86.5 Å². The standard InChI is InChI=1S/C30H29ClN2O5S/c1-20-9-12-25(13-10-20)39(35,36)33(24-16-21(2)15-22(3)17-24)19-30(34)32-26-18-23(31)11-14-27(26)38-29-8-6-5-7-28(29)37-4/h5-18H,19H2,1-4H3,(H,32,34). The zero-order valence-corrected chi connectivity index (χ0v) is 23.6. The number of nitrogens with one attached hydrogen (secondary N) is 1. The van der Waals surface area contributed by atoms with Crippen molar-refractivity contribution in [3.8, 4) is 17.2 Å². The third-order valence-corrected chi connectivity index (χ3v) is 7.92. The summed E-state index contributed by atoms with van der Waals surface area (Å²) in [5.74, 6) is 0.695. The van der Waals surface area contributed by atoms with Gasteiger partial charge >= 0.3 is 0 Å². The molecule has 0 bridgehead atoms. The highest BCUT2D eigenvalue weighted by Crippen LogP contribution is 2.36. The van der Waals surface area contributed by atoms with E-state index in [9.17, 15) is 13.2 Å². The predicted octanol–water partition coefficient (Wildman–Crippen LogP) is 6.90. The summed E-state index contributed by atoms with van der Waals surface area (Å²) in [6.45, 7) is 5.16. The van der Waals surface area contributed by atoms with Gasteiger partial charge in [-0.3, -0.25) is 9.10 Å². The Hall–Kier alpha value is -4.01. The molecule has 1 amide bonds. The van der Waals surface area contributed by atoms with Crippen LogP contribution >= 0.6 is 11.6 Å². The van der Waals surface area contributed by atoms with Crippen molar-refractivity contribution in [1.82, 2.24) is 0 Å². The monoisotopic (exact) mass is 564 g/mol. The molecule has 0 aliphatic carbocycles. The molecule has 4 aromatic rings. The lowest BCUT2D eigenvalue weighted by Gasteiger charge is -2.25. The Morgan fingerprint density at radius 1 is 0.821 bits per heavy atom. The van der Waals surface area contributed by atoms with Gasteiger partial charge in [0, 0.05) is 5.02 Å². The minimum absolute atomic E-state index is 0.0861. The van der Waals surface area contributed by atoms with Crippen LogP contribution in [0, 0.1) is 20.8 Å². The van der Waals surface area contributed by atoms with E-state index in [1.54, 1.807) is 60.7 Å². The molecular weight excluding hydrogens is 536 g/mol. The van der Waals surface area contributed by atoms with Gasteiger partial charge in [-0.1, -0.05) is 47.5 Å². The molecule has 0 fully saturated rings. The fourth-order valence-electron chi connectivity index (χ4n) is 4.08. The maximum absolute atomic E-state index is 13.8. The second-order valence-corrected chi connectivity index (χ2v) is 11.4. The van der Waals surface area contributed by atoms with E-state index in [1.807, 2.05) is 32.9 Å². The number of carbonyl (C=O) groups is 1. The van der Waals surface area contributed by atoms with Crippen molar-refractivity contribution in [2.24, 2.45) is 0 Å². The summed E-state index contributed by atoms with van der Waals surface area (Å²) >= 11 is 6.23. The molecule has 7 nitrogen and oxygen atoms in total. The molecule has 4 aromatic carbocycles. The molecule has 0 unspecified atom stereocenters. The number of hydrogen-bond acceptors (Lipinski definition) is 5. The number of halogens is 1. The molecule has 0 atom stereocenters. The molecule has 0 aliphatic heterocycles. The van der Waals surface area contributed by atoms with E-state index in [-0.39, 0.29) is 10.6 Å². The molecule has 0 heterocycles. The zero-order chi connectivity index (χ0) is 28.2. The summed E-state index contributed by atoms with van der Waals surface area (Å²) in [4.78, 5) is 13.5. The van der Waals surface area contributed by atoms with Crippen LogP contribution < -0.4 is 19.1 Å². The number of ether oxygens (including phenoxy) is 2. The van der Waals surface area contributed by atoms with Crippen LogP contribution in [0.15, 0.2) is 89.8 Å². The van der Waals surface area contributed by atoms with E-state index in [0.29, 0.717) is 28.0 Å². The normalized spacial score (nSPS) is 11.1.